The van der Waals surface area contributed by atoms with E-state index in [1.807, 2.05) is 20.8 Å². The smallest absolute Gasteiger partial charge is 0.407 e. The van der Waals surface area contributed by atoms with Gasteiger partial charge in [-0.1, -0.05) is 19.8 Å². The largest absolute Gasteiger partial charge is 0.444 e. The molecular weight excluding hydrogens is 226 g/mol. The highest BCUT2D eigenvalue weighted by atomic mass is 16.6. The molecule has 1 amide bonds. The number of amides is 1. The number of nitrogens with one attached hydrogen (secondary N) is 1. The normalized spacial score (nSPS) is 34.7. The first-order valence-corrected chi connectivity index (χ1v) is 7.31. The summed E-state index contributed by atoms with van der Waals surface area (Å²) in [6.07, 6.45) is 7.51. The van der Waals surface area contributed by atoms with E-state index in [2.05, 4.69) is 12.2 Å². The van der Waals surface area contributed by atoms with Gasteiger partial charge in [-0.3, -0.25) is 0 Å². The second kappa shape index (κ2) is 4.75. The van der Waals surface area contributed by atoms with Crippen molar-refractivity contribution in [1.82, 2.24) is 5.32 Å². The molecule has 18 heavy (non-hydrogen) atoms. The summed E-state index contributed by atoms with van der Waals surface area (Å²) in [4.78, 5) is 11.6. The standard InChI is InChI=1S/C15H27NO2/c1-5-6-11-7-15(8-11)9-12(10-15)16-13(17)18-14(2,3)4/h11-12H,5-10H2,1-4H3,(H,16,17). The van der Waals surface area contributed by atoms with E-state index in [4.69, 9.17) is 4.74 Å². The lowest BCUT2D eigenvalue weighted by atomic mass is 9.49. The molecule has 0 saturated heterocycles. The van der Waals surface area contributed by atoms with Gasteiger partial charge in [0.2, 0.25) is 0 Å². The fourth-order valence-corrected chi connectivity index (χ4v) is 3.67. The van der Waals surface area contributed by atoms with Crippen LogP contribution < -0.4 is 5.32 Å². The number of ether oxygens (including phenoxy) is 1. The Hall–Kier alpha value is -0.730. The molecule has 2 aliphatic carbocycles. The van der Waals surface area contributed by atoms with Gasteiger partial charge in [0.1, 0.15) is 5.60 Å². The molecule has 0 atom stereocenters. The van der Waals surface area contributed by atoms with Crippen LogP contribution in [0.2, 0.25) is 0 Å². The molecule has 0 aromatic heterocycles. The van der Waals surface area contributed by atoms with Gasteiger partial charge in [0.25, 0.3) is 0 Å². The van der Waals surface area contributed by atoms with Gasteiger partial charge in [-0.15, -0.1) is 0 Å². The Labute approximate surface area is 111 Å². The average Bonchev–Trinajstić information content (AvgIpc) is 2.07. The number of rotatable bonds is 3. The summed E-state index contributed by atoms with van der Waals surface area (Å²) >= 11 is 0. The predicted molar refractivity (Wildman–Crippen MR) is 72.5 cm³/mol. The monoisotopic (exact) mass is 253 g/mol. The molecule has 1 N–H and O–H groups in total. The topological polar surface area (TPSA) is 38.3 Å². The van der Waals surface area contributed by atoms with Gasteiger partial charge in [0.05, 0.1) is 0 Å². The molecule has 0 aromatic rings. The van der Waals surface area contributed by atoms with E-state index >= 15 is 0 Å². The summed E-state index contributed by atoms with van der Waals surface area (Å²) in [5.41, 5.74) is 0.188. The van der Waals surface area contributed by atoms with Crippen molar-refractivity contribution < 1.29 is 9.53 Å². The number of hydrogen-bond donors (Lipinski definition) is 1. The first kappa shape index (κ1) is 13.7. The molecule has 2 rings (SSSR count). The van der Waals surface area contributed by atoms with Gasteiger partial charge in [-0.25, -0.2) is 4.79 Å². The van der Waals surface area contributed by atoms with Crippen LogP contribution in [0.15, 0.2) is 0 Å². The van der Waals surface area contributed by atoms with Crippen molar-refractivity contribution in [3.05, 3.63) is 0 Å². The minimum absolute atomic E-state index is 0.258. The lowest BCUT2D eigenvalue weighted by molar-refractivity contribution is -0.0535. The maximum absolute atomic E-state index is 11.6. The third kappa shape index (κ3) is 3.18. The Kier molecular flexibility index (Phi) is 3.61. The third-order valence-corrected chi connectivity index (χ3v) is 4.22. The first-order chi connectivity index (χ1) is 8.32. The quantitative estimate of drug-likeness (QED) is 0.829. The van der Waals surface area contributed by atoms with Crippen molar-refractivity contribution in [2.75, 3.05) is 0 Å². The molecule has 2 saturated carbocycles. The maximum Gasteiger partial charge on any atom is 0.407 e. The van der Waals surface area contributed by atoms with Gasteiger partial charge >= 0.3 is 6.09 Å². The highest BCUT2D eigenvalue weighted by molar-refractivity contribution is 5.68. The van der Waals surface area contributed by atoms with E-state index in [9.17, 15) is 4.79 Å². The predicted octanol–water partition coefficient (Wildman–Crippen LogP) is 3.87. The van der Waals surface area contributed by atoms with Crippen LogP contribution in [-0.4, -0.2) is 17.7 Å². The summed E-state index contributed by atoms with van der Waals surface area (Å²) in [6.45, 7) is 7.96. The molecule has 2 aliphatic rings. The van der Waals surface area contributed by atoms with Gasteiger partial charge < -0.3 is 10.1 Å². The van der Waals surface area contributed by atoms with Crippen LogP contribution >= 0.6 is 0 Å². The summed E-state index contributed by atoms with van der Waals surface area (Å²) in [7, 11) is 0. The minimum atomic E-state index is -0.395. The Morgan fingerprint density at radius 2 is 1.89 bits per heavy atom. The van der Waals surface area contributed by atoms with Crippen molar-refractivity contribution in [3.63, 3.8) is 0 Å². The molecule has 2 fully saturated rings. The van der Waals surface area contributed by atoms with Crippen LogP contribution in [-0.2, 0) is 4.74 Å². The lowest BCUT2D eigenvalue weighted by Gasteiger charge is -2.58. The second-order valence-corrected chi connectivity index (χ2v) is 7.31. The van der Waals surface area contributed by atoms with Gasteiger partial charge in [-0.05, 0) is 57.8 Å². The minimum Gasteiger partial charge on any atom is -0.444 e. The molecule has 0 aliphatic heterocycles. The molecule has 0 radical (unpaired) electrons. The van der Waals surface area contributed by atoms with E-state index in [-0.39, 0.29) is 6.09 Å². The van der Waals surface area contributed by atoms with Crippen molar-refractivity contribution in [2.24, 2.45) is 11.3 Å². The van der Waals surface area contributed by atoms with Crippen LogP contribution in [0.1, 0.15) is 66.2 Å². The molecule has 0 aromatic carbocycles. The zero-order valence-electron chi connectivity index (χ0n) is 12.2. The van der Waals surface area contributed by atoms with Crippen LogP contribution in [0.25, 0.3) is 0 Å². The fourth-order valence-electron chi connectivity index (χ4n) is 3.67. The lowest BCUT2D eigenvalue weighted by Crippen LogP contribution is -2.56. The Morgan fingerprint density at radius 3 is 2.39 bits per heavy atom. The van der Waals surface area contributed by atoms with Crippen LogP contribution in [0.5, 0.6) is 0 Å². The van der Waals surface area contributed by atoms with Gasteiger partial charge in [0, 0.05) is 6.04 Å². The molecule has 1 spiro atoms. The Morgan fingerprint density at radius 1 is 1.28 bits per heavy atom. The zero-order valence-corrected chi connectivity index (χ0v) is 12.2. The molecule has 104 valence electrons. The number of carbonyl (C=O) groups is 1. The average molecular weight is 253 g/mol. The first-order valence-electron chi connectivity index (χ1n) is 7.31. The van der Waals surface area contributed by atoms with Crippen molar-refractivity contribution in [1.29, 1.82) is 0 Å². The van der Waals surface area contributed by atoms with Crippen LogP contribution in [0, 0.1) is 11.3 Å². The Bertz CT molecular complexity index is 305. The van der Waals surface area contributed by atoms with E-state index < -0.39 is 5.60 Å². The van der Waals surface area contributed by atoms with E-state index in [0.29, 0.717) is 11.5 Å². The molecule has 0 unspecified atom stereocenters. The van der Waals surface area contributed by atoms with E-state index in [1.54, 1.807) is 0 Å². The Balaban J connectivity index is 1.64. The van der Waals surface area contributed by atoms with Gasteiger partial charge in [-0.2, -0.15) is 0 Å². The summed E-state index contributed by atoms with van der Waals surface area (Å²) in [6, 6.07) is 0.349. The molecular formula is C15H27NO2. The second-order valence-electron chi connectivity index (χ2n) is 7.31. The highest BCUT2D eigenvalue weighted by Gasteiger charge is 2.52. The van der Waals surface area contributed by atoms with Crippen LogP contribution in [0.3, 0.4) is 0 Å². The van der Waals surface area contributed by atoms with E-state index in [1.165, 1.54) is 25.7 Å². The summed E-state index contributed by atoms with van der Waals surface area (Å²) in [5, 5.41) is 2.98. The fraction of sp³-hybridized carbons (Fsp3) is 0.933. The SMILES string of the molecule is CCCC1CC2(C1)CC(NC(=O)OC(C)(C)C)C2. The molecule has 0 bridgehead atoms. The maximum atomic E-state index is 11.6. The number of hydrogen-bond acceptors (Lipinski definition) is 2. The van der Waals surface area contributed by atoms with Crippen molar-refractivity contribution >= 4 is 6.09 Å². The van der Waals surface area contributed by atoms with Gasteiger partial charge in [0.15, 0.2) is 0 Å². The molecule has 3 heteroatoms. The number of alkyl carbamates (subject to hydrolysis) is 1. The molecule has 3 nitrogen and oxygen atoms in total. The highest BCUT2D eigenvalue weighted by Crippen LogP contribution is 2.59. The molecule has 0 heterocycles. The van der Waals surface area contributed by atoms with E-state index in [0.717, 1.165) is 18.8 Å². The van der Waals surface area contributed by atoms with Crippen molar-refractivity contribution in [2.45, 2.75) is 77.9 Å². The van der Waals surface area contributed by atoms with Crippen molar-refractivity contribution in [3.8, 4) is 0 Å². The number of carbonyl (C=O) groups excluding carboxylic acids is 1. The summed E-state index contributed by atoms with van der Waals surface area (Å²) < 4.78 is 5.27. The zero-order chi connectivity index (χ0) is 13.4. The van der Waals surface area contributed by atoms with Crippen LogP contribution in [0.4, 0.5) is 4.79 Å². The third-order valence-electron chi connectivity index (χ3n) is 4.22. The summed E-state index contributed by atoms with van der Waals surface area (Å²) in [5.74, 6) is 0.956.